The fraction of sp³-hybridized carbons (Fsp3) is 0.476. The Hall–Kier alpha value is -2.47. The molecule has 1 saturated heterocycles. The van der Waals surface area contributed by atoms with Gasteiger partial charge in [-0.15, -0.1) is 0 Å². The summed E-state index contributed by atoms with van der Waals surface area (Å²) >= 11 is 0. The van der Waals surface area contributed by atoms with Gasteiger partial charge in [0.1, 0.15) is 12.1 Å². The molecule has 1 aromatic carbocycles. The van der Waals surface area contributed by atoms with Gasteiger partial charge in [0.15, 0.2) is 0 Å². The molecule has 1 N–H and O–H groups in total. The first-order chi connectivity index (χ1) is 13.1. The van der Waals surface area contributed by atoms with E-state index in [0.717, 1.165) is 50.5 Å². The molecule has 1 atom stereocenters. The molecule has 0 spiro atoms. The summed E-state index contributed by atoms with van der Waals surface area (Å²) in [5.74, 6) is 1.51. The minimum absolute atomic E-state index is 0.240. The lowest BCUT2D eigenvalue weighted by Gasteiger charge is -2.24. The summed E-state index contributed by atoms with van der Waals surface area (Å²) in [6.45, 7) is 3.31. The van der Waals surface area contributed by atoms with Gasteiger partial charge in [0.2, 0.25) is 5.91 Å². The Labute approximate surface area is 161 Å². The van der Waals surface area contributed by atoms with E-state index in [2.05, 4.69) is 27.4 Å². The lowest BCUT2D eigenvalue weighted by Crippen LogP contribution is -2.36. The highest BCUT2D eigenvalue weighted by Gasteiger charge is 2.22. The fourth-order valence-corrected chi connectivity index (χ4v) is 3.44. The van der Waals surface area contributed by atoms with Crippen molar-refractivity contribution in [1.29, 1.82) is 0 Å². The molecular formula is C21H29N5O. The van der Waals surface area contributed by atoms with E-state index in [0.29, 0.717) is 12.3 Å². The Morgan fingerprint density at radius 1 is 1.26 bits per heavy atom. The second-order valence-electron chi connectivity index (χ2n) is 7.36. The number of hydrogen-bond donors (Lipinski definition) is 1. The van der Waals surface area contributed by atoms with Crippen molar-refractivity contribution in [1.82, 2.24) is 20.2 Å². The number of nitrogens with zero attached hydrogens (tertiary/aromatic N) is 4. The predicted octanol–water partition coefficient (Wildman–Crippen LogP) is 1.77. The summed E-state index contributed by atoms with van der Waals surface area (Å²) < 4.78 is 0. The zero-order valence-corrected chi connectivity index (χ0v) is 16.3. The van der Waals surface area contributed by atoms with Crippen LogP contribution in [-0.2, 0) is 17.6 Å². The number of nitrogens with one attached hydrogen (secondary N) is 1. The topological polar surface area (TPSA) is 61.4 Å². The molecule has 0 saturated carbocycles. The van der Waals surface area contributed by atoms with Gasteiger partial charge in [-0.2, -0.15) is 0 Å². The SMILES string of the molecule is CN(C)c1cc(C[C@@H]2CNCCN(C(=O)CCc3ccccc3)C2)ncn1. The zero-order chi connectivity index (χ0) is 19.1. The number of amides is 1. The summed E-state index contributed by atoms with van der Waals surface area (Å²) in [7, 11) is 3.96. The standard InChI is InChI=1S/C21H29N5O/c1-25(2)20-13-19(23-16-24-20)12-18-14-22-10-11-26(15-18)21(27)9-8-17-6-4-3-5-7-17/h3-7,13,16,18,22H,8-12,14-15H2,1-2H3/t18-/m1/s1. The number of anilines is 1. The Kier molecular flexibility index (Phi) is 6.76. The monoisotopic (exact) mass is 367 g/mol. The average Bonchev–Trinajstić information content (AvgIpc) is 2.93. The number of carbonyl (C=O) groups is 1. The van der Waals surface area contributed by atoms with Gasteiger partial charge >= 0.3 is 0 Å². The number of aromatic nitrogens is 2. The number of carbonyl (C=O) groups excluding carboxylic acids is 1. The third-order valence-electron chi connectivity index (χ3n) is 4.96. The maximum absolute atomic E-state index is 12.7. The van der Waals surface area contributed by atoms with Crippen LogP contribution in [0.15, 0.2) is 42.7 Å². The van der Waals surface area contributed by atoms with Gasteiger partial charge < -0.3 is 15.1 Å². The molecule has 0 bridgehead atoms. The summed E-state index contributed by atoms with van der Waals surface area (Å²) in [6, 6.07) is 12.2. The number of hydrogen-bond acceptors (Lipinski definition) is 5. The molecule has 1 aliphatic heterocycles. The zero-order valence-electron chi connectivity index (χ0n) is 16.3. The maximum Gasteiger partial charge on any atom is 0.222 e. The van der Waals surface area contributed by atoms with Crippen LogP contribution in [0.25, 0.3) is 0 Å². The van der Waals surface area contributed by atoms with Crippen LogP contribution in [0.3, 0.4) is 0 Å². The van der Waals surface area contributed by atoms with Crippen molar-refractivity contribution in [3.63, 3.8) is 0 Å². The summed E-state index contributed by atoms with van der Waals surface area (Å²) in [5, 5.41) is 3.47. The van der Waals surface area contributed by atoms with Gasteiger partial charge in [-0.1, -0.05) is 30.3 Å². The Balaban J connectivity index is 1.58. The minimum Gasteiger partial charge on any atom is -0.363 e. The fourth-order valence-electron chi connectivity index (χ4n) is 3.44. The first kappa shape index (κ1) is 19.3. The first-order valence-corrected chi connectivity index (χ1v) is 9.62. The van der Waals surface area contributed by atoms with Gasteiger partial charge in [0.25, 0.3) is 0 Å². The smallest absolute Gasteiger partial charge is 0.222 e. The number of rotatable bonds is 6. The Morgan fingerprint density at radius 2 is 2.07 bits per heavy atom. The molecule has 1 aromatic heterocycles. The maximum atomic E-state index is 12.7. The van der Waals surface area contributed by atoms with Crippen molar-refractivity contribution in [2.45, 2.75) is 19.3 Å². The van der Waals surface area contributed by atoms with Crippen LogP contribution in [0, 0.1) is 5.92 Å². The van der Waals surface area contributed by atoms with E-state index in [1.54, 1.807) is 6.33 Å². The molecule has 2 aromatic rings. The van der Waals surface area contributed by atoms with Crippen LogP contribution in [0.2, 0.25) is 0 Å². The molecule has 0 unspecified atom stereocenters. The van der Waals surface area contributed by atoms with Gasteiger partial charge in [0.05, 0.1) is 0 Å². The van der Waals surface area contributed by atoms with Crippen LogP contribution in [0.5, 0.6) is 0 Å². The predicted molar refractivity (Wildman–Crippen MR) is 108 cm³/mol. The third-order valence-corrected chi connectivity index (χ3v) is 4.96. The van der Waals surface area contributed by atoms with Crippen molar-refractivity contribution in [3.05, 3.63) is 54.0 Å². The van der Waals surface area contributed by atoms with E-state index in [1.807, 2.05) is 48.2 Å². The quantitative estimate of drug-likeness (QED) is 0.843. The van der Waals surface area contributed by atoms with Gasteiger partial charge in [-0.05, 0) is 24.3 Å². The molecule has 27 heavy (non-hydrogen) atoms. The highest BCUT2D eigenvalue weighted by molar-refractivity contribution is 5.76. The van der Waals surface area contributed by atoms with E-state index in [4.69, 9.17) is 0 Å². The largest absolute Gasteiger partial charge is 0.363 e. The van der Waals surface area contributed by atoms with Crippen molar-refractivity contribution in [2.24, 2.45) is 5.92 Å². The molecule has 144 valence electrons. The summed E-state index contributed by atoms with van der Waals surface area (Å²) in [5.41, 5.74) is 2.24. The van der Waals surface area contributed by atoms with Gasteiger partial charge in [-0.3, -0.25) is 4.79 Å². The van der Waals surface area contributed by atoms with E-state index >= 15 is 0 Å². The first-order valence-electron chi connectivity index (χ1n) is 9.62. The molecule has 6 heteroatoms. The second-order valence-corrected chi connectivity index (χ2v) is 7.36. The molecule has 0 radical (unpaired) electrons. The minimum atomic E-state index is 0.240. The number of aryl methyl sites for hydroxylation is 1. The molecule has 1 amide bonds. The highest BCUT2D eigenvalue weighted by Crippen LogP contribution is 2.15. The van der Waals surface area contributed by atoms with Crippen LogP contribution in [-0.4, -0.2) is 61.0 Å². The van der Waals surface area contributed by atoms with Gasteiger partial charge in [0, 0.05) is 58.5 Å². The number of benzene rings is 1. The van der Waals surface area contributed by atoms with E-state index < -0.39 is 0 Å². The third kappa shape index (κ3) is 5.76. The lowest BCUT2D eigenvalue weighted by atomic mass is 10.0. The van der Waals surface area contributed by atoms with Crippen LogP contribution in [0.1, 0.15) is 17.7 Å². The molecule has 2 heterocycles. The summed E-state index contributed by atoms with van der Waals surface area (Å²) in [6.07, 6.45) is 3.83. The van der Waals surface area contributed by atoms with Gasteiger partial charge in [-0.25, -0.2) is 9.97 Å². The Bertz CT molecular complexity index is 734. The van der Waals surface area contributed by atoms with Crippen molar-refractivity contribution in [3.8, 4) is 0 Å². The molecule has 3 rings (SSSR count). The van der Waals surface area contributed by atoms with Crippen molar-refractivity contribution < 1.29 is 4.79 Å². The van der Waals surface area contributed by atoms with Crippen LogP contribution in [0.4, 0.5) is 5.82 Å². The van der Waals surface area contributed by atoms with Crippen molar-refractivity contribution >= 4 is 11.7 Å². The molecule has 1 aliphatic rings. The van der Waals surface area contributed by atoms with E-state index in [9.17, 15) is 4.79 Å². The lowest BCUT2D eigenvalue weighted by molar-refractivity contribution is -0.131. The summed E-state index contributed by atoms with van der Waals surface area (Å²) in [4.78, 5) is 25.4. The Morgan fingerprint density at radius 3 is 2.85 bits per heavy atom. The molecule has 6 nitrogen and oxygen atoms in total. The molecule has 0 aliphatic carbocycles. The van der Waals surface area contributed by atoms with E-state index in [-0.39, 0.29) is 5.91 Å². The highest BCUT2D eigenvalue weighted by atomic mass is 16.2. The second kappa shape index (κ2) is 9.46. The van der Waals surface area contributed by atoms with Crippen LogP contribution < -0.4 is 10.2 Å². The van der Waals surface area contributed by atoms with Crippen LogP contribution >= 0.6 is 0 Å². The molecular weight excluding hydrogens is 338 g/mol. The molecule has 1 fully saturated rings. The van der Waals surface area contributed by atoms with Crippen molar-refractivity contribution in [2.75, 3.05) is 45.2 Å². The van der Waals surface area contributed by atoms with E-state index in [1.165, 1.54) is 5.56 Å². The average molecular weight is 367 g/mol. The normalized spacial score (nSPS) is 17.4.